The molecule has 0 unspecified atom stereocenters. The molecule has 0 fully saturated rings. The first-order chi connectivity index (χ1) is 12.7. The molecule has 8 heteroatoms. The summed E-state index contributed by atoms with van der Waals surface area (Å²) >= 11 is 0. The van der Waals surface area contributed by atoms with Crippen molar-refractivity contribution >= 4 is 5.82 Å². The number of hydrogen-bond donors (Lipinski definition) is 1. The van der Waals surface area contributed by atoms with Crippen LogP contribution in [0.15, 0.2) is 53.3 Å². The van der Waals surface area contributed by atoms with Gasteiger partial charge in [-0.3, -0.25) is 4.68 Å². The van der Waals surface area contributed by atoms with E-state index in [1.807, 2.05) is 54.2 Å². The number of aromatic nitrogens is 6. The van der Waals surface area contributed by atoms with Crippen LogP contribution >= 0.6 is 0 Å². The molecule has 3 aromatic heterocycles. The maximum atomic E-state index is 5.97. The first-order valence-corrected chi connectivity index (χ1v) is 8.41. The number of hydrogen-bond acceptors (Lipinski definition) is 6. The third-order valence-corrected chi connectivity index (χ3v) is 4.19. The fourth-order valence-electron chi connectivity index (χ4n) is 2.91. The van der Waals surface area contributed by atoms with Gasteiger partial charge in [0.1, 0.15) is 11.9 Å². The average Bonchev–Trinajstić information content (AvgIpc) is 3.38. The summed E-state index contributed by atoms with van der Waals surface area (Å²) in [5.74, 6) is 1.69. The van der Waals surface area contributed by atoms with E-state index in [1.54, 1.807) is 10.9 Å². The summed E-state index contributed by atoms with van der Waals surface area (Å²) in [6.07, 6.45) is 4.44. The first-order valence-electron chi connectivity index (χ1n) is 8.41. The van der Waals surface area contributed by atoms with Crippen LogP contribution in [0, 0.1) is 6.92 Å². The maximum Gasteiger partial charge on any atom is 0.251 e. The van der Waals surface area contributed by atoms with Crippen molar-refractivity contribution in [3.05, 3.63) is 60.4 Å². The van der Waals surface area contributed by atoms with E-state index in [0.717, 1.165) is 23.4 Å². The molecule has 0 saturated carbocycles. The minimum absolute atomic E-state index is 0.0719. The van der Waals surface area contributed by atoms with Crippen molar-refractivity contribution in [3.63, 3.8) is 0 Å². The summed E-state index contributed by atoms with van der Waals surface area (Å²) in [5, 5.41) is 12.8. The second-order valence-electron chi connectivity index (χ2n) is 6.04. The second kappa shape index (κ2) is 6.47. The molecule has 0 amide bonds. The van der Waals surface area contributed by atoms with Crippen LogP contribution in [-0.4, -0.2) is 29.7 Å². The smallest absolute Gasteiger partial charge is 0.251 e. The van der Waals surface area contributed by atoms with E-state index in [0.29, 0.717) is 17.5 Å². The van der Waals surface area contributed by atoms with E-state index >= 15 is 0 Å². The molecule has 0 spiro atoms. The van der Waals surface area contributed by atoms with Crippen LogP contribution in [0.4, 0.5) is 5.82 Å². The standard InChI is InChI=1S/C18H19N7O/c1-3-15(24-10-4-9-20-24)18-21-17(23-26-18)13-5-7-14(8-6-13)25-16(19)11-12(2)22-25/h4-11,15H,3,19H2,1-2H3/t15-/m1/s1. The zero-order chi connectivity index (χ0) is 18.1. The maximum absolute atomic E-state index is 5.97. The van der Waals surface area contributed by atoms with Crippen LogP contribution < -0.4 is 5.73 Å². The SMILES string of the molecule is CC[C@H](c1nc(-c2ccc(-n3nc(C)cc3N)cc2)no1)n1cccn1. The molecule has 1 aromatic carbocycles. The first kappa shape index (κ1) is 16.1. The highest BCUT2D eigenvalue weighted by atomic mass is 16.5. The second-order valence-corrected chi connectivity index (χ2v) is 6.04. The van der Waals surface area contributed by atoms with Crippen molar-refractivity contribution in [3.8, 4) is 17.1 Å². The Hall–Kier alpha value is -3.42. The molecule has 2 N–H and O–H groups in total. The number of aryl methyl sites for hydroxylation is 1. The fraction of sp³-hybridized carbons (Fsp3) is 0.222. The highest BCUT2D eigenvalue weighted by Crippen LogP contribution is 2.24. The predicted molar refractivity (Wildman–Crippen MR) is 96.7 cm³/mol. The summed E-state index contributed by atoms with van der Waals surface area (Å²) in [4.78, 5) is 4.55. The number of benzene rings is 1. The molecular weight excluding hydrogens is 330 g/mol. The number of nitrogens with two attached hydrogens (primary N) is 1. The lowest BCUT2D eigenvalue weighted by Crippen LogP contribution is -2.10. The van der Waals surface area contributed by atoms with Crippen molar-refractivity contribution in [2.45, 2.75) is 26.3 Å². The lowest BCUT2D eigenvalue weighted by molar-refractivity contribution is 0.321. The Morgan fingerprint density at radius 1 is 1.23 bits per heavy atom. The molecule has 132 valence electrons. The topological polar surface area (TPSA) is 101 Å². The normalized spacial score (nSPS) is 12.4. The molecular formula is C18H19N7O. The van der Waals surface area contributed by atoms with Crippen molar-refractivity contribution in [1.82, 2.24) is 29.7 Å². The van der Waals surface area contributed by atoms with E-state index in [-0.39, 0.29) is 6.04 Å². The Labute approximate surface area is 150 Å². The van der Waals surface area contributed by atoms with Gasteiger partial charge in [-0.2, -0.15) is 15.2 Å². The Morgan fingerprint density at radius 3 is 2.65 bits per heavy atom. The lowest BCUT2D eigenvalue weighted by atomic mass is 10.2. The third-order valence-electron chi connectivity index (χ3n) is 4.19. The summed E-state index contributed by atoms with van der Waals surface area (Å²) < 4.78 is 9.00. The zero-order valence-corrected chi connectivity index (χ0v) is 14.6. The summed E-state index contributed by atoms with van der Waals surface area (Å²) in [6.45, 7) is 3.97. The van der Waals surface area contributed by atoms with Crippen LogP contribution in [0.5, 0.6) is 0 Å². The van der Waals surface area contributed by atoms with E-state index < -0.39 is 0 Å². The summed E-state index contributed by atoms with van der Waals surface area (Å²) in [6, 6.07) is 11.3. The van der Waals surface area contributed by atoms with Gasteiger partial charge in [0.2, 0.25) is 5.82 Å². The number of rotatable bonds is 5. The molecule has 4 rings (SSSR count). The van der Waals surface area contributed by atoms with Gasteiger partial charge in [-0.05, 0) is 43.7 Å². The van der Waals surface area contributed by atoms with Crippen LogP contribution in [-0.2, 0) is 0 Å². The molecule has 0 aliphatic rings. The quantitative estimate of drug-likeness (QED) is 0.594. The van der Waals surface area contributed by atoms with Crippen LogP contribution in [0.2, 0.25) is 0 Å². The summed E-state index contributed by atoms with van der Waals surface area (Å²) in [7, 11) is 0. The largest absolute Gasteiger partial charge is 0.384 e. The van der Waals surface area contributed by atoms with Gasteiger partial charge >= 0.3 is 0 Å². The van der Waals surface area contributed by atoms with Gasteiger partial charge in [0, 0.05) is 24.0 Å². The van der Waals surface area contributed by atoms with Gasteiger partial charge in [-0.15, -0.1) is 0 Å². The number of nitrogen functional groups attached to an aromatic ring is 1. The minimum atomic E-state index is -0.0719. The molecule has 8 nitrogen and oxygen atoms in total. The molecule has 0 saturated heterocycles. The van der Waals surface area contributed by atoms with Gasteiger partial charge in [-0.25, -0.2) is 4.68 Å². The van der Waals surface area contributed by atoms with Gasteiger partial charge in [-0.1, -0.05) is 12.1 Å². The van der Waals surface area contributed by atoms with E-state index in [1.165, 1.54) is 0 Å². The molecule has 1 atom stereocenters. The van der Waals surface area contributed by atoms with Crippen LogP contribution in [0.1, 0.15) is 31.0 Å². The molecule has 0 bridgehead atoms. The van der Waals surface area contributed by atoms with Gasteiger partial charge in [0.25, 0.3) is 5.89 Å². The Balaban J connectivity index is 1.61. The predicted octanol–water partition coefficient (Wildman–Crippen LogP) is 3.01. The molecule has 26 heavy (non-hydrogen) atoms. The van der Waals surface area contributed by atoms with Gasteiger partial charge < -0.3 is 10.3 Å². The summed E-state index contributed by atoms with van der Waals surface area (Å²) in [5.41, 5.74) is 8.59. The van der Waals surface area contributed by atoms with Crippen LogP contribution in [0.25, 0.3) is 17.1 Å². The molecule has 0 radical (unpaired) electrons. The Bertz CT molecular complexity index is 999. The highest BCUT2D eigenvalue weighted by Gasteiger charge is 2.20. The average molecular weight is 349 g/mol. The van der Waals surface area contributed by atoms with Crippen molar-refractivity contribution in [2.75, 3.05) is 5.73 Å². The van der Waals surface area contributed by atoms with Gasteiger partial charge in [0.15, 0.2) is 0 Å². The molecule has 4 aromatic rings. The number of anilines is 1. The van der Waals surface area contributed by atoms with Crippen molar-refractivity contribution in [1.29, 1.82) is 0 Å². The van der Waals surface area contributed by atoms with Crippen LogP contribution in [0.3, 0.4) is 0 Å². The minimum Gasteiger partial charge on any atom is -0.384 e. The lowest BCUT2D eigenvalue weighted by Gasteiger charge is -2.09. The number of nitrogens with zero attached hydrogens (tertiary/aromatic N) is 6. The monoisotopic (exact) mass is 349 g/mol. The van der Waals surface area contributed by atoms with Crippen molar-refractivity contribution in [2.24, 2.45) is 0 Å². The Morgan fingerprint density at radius 2 is 2.04 bits per heavy atom. The molecule has 0 aliphatic heterocycles. The highest BCUT2D eigenvalue weighted by molar-refractivity contribution is 5.57. The van der Waals surface area contributed by atoms with E-state index in [4.69, 9.17) is 10.3 Å². The molecule has 3 heterocycles. The van der Waals surface area contributed by atoms with E-state index in [9.17, 15) is 0 Å². The third kappa shape index (κ3) is 2.85. The Kier molecular flexibility index (Phi) is 4.00. The zero-order valence-electron chi connectivity index (χ0n) is 14.6. The molecule has 0 aliphatic carbocycles. The van der Waals surface area contributed by atoms with Crippen molar-refractivity contribution < 1.29 is 4.52 Å². The van der Waals surface area contributed by atoms with E-state index in [2.05, 4.69) is 27.3 Å². The fourth-order valence-corrected chi connectivity index (χ4v) is 2.91. The van der Waals surface area contributed by atoms with Gasteiger partial charge in [0.05, 0.1) is 11.4 Å².